The molecule has 2 aromatic carbocycles. The maximum absolute atomic E-state index is 12.7. The molecule has 2 aromatic rings. The molecule has 0 aliphatic carbocycles. The summed E-state index contributed by atoms with van der Waals surface area (Å²) in [7, 11) is -3.56. The Kier molecular flexibility index (Phi) is 7.03. The van der Waals surface area contributed by atoms with Gasteiger partial charge in [0.15, 0.2) is 6.10 Å². The molecular formula is C23H30N2O5S. The summed E-state index contributed by atoms with van der Waals surface area (Å²) in [6.07, 6.45) is -0.711. The molecule has 1 fully saturated rings. The lowest BCUT2D eigenvalue weighted by Crippen LogP contribution is -2.40. The number of hydrogen-bond acceptors (Lipinski definition) is 5. The summed E-state index contributed by atoms with van der Waals surface area (Å²) < 4.78 is 37.7. The lowest BCUT2D eigenvalue weighted by Gasteiger charge is -2.26. The van der Waals surface area contributed by atoms with Crippen molar-refractivity contribution in [1.82, 2.24) is 4.31 Å². The number of carbonyl (C=O) groups excluding carboxylic acids is 1. The Morgan fingerprint density at radius 3 is 2.16 bits per heavy atom. The van der Waals surface area contributed by atoms with Crippen molar-refractivity contribution in [2.45, 2.75) is 44.1 Å². The predicted molar refractivity (Wildman–Crippen MR) is 120 cm³/mol. The first-order chi connectivity index (χ1) is 14.6. The van der Waals surface area contributed by atoms with Crippen LogP contribution in [0.3, 0.4) is 0 Å². The van der Waals surface area contributed by atoms with E-state index in [1.165, 1.54) is 22.0 Å². The van der Waals surface area contributed by atoms with Crippen molar-refractivity contribution < 1.29 is 22.7 Å². The molecule has 0 unspecified atom stereocenters. The number of carbonyl (C=O) groups is 1. The van der Waals surface area contributed by atoms with Crippen molar-refractivity contribution in [3.8, 4) is 5.75 Å². The summed E-state index contributed by atoms with van der Waals surface area (Å²) >= 11 is 0. The molecule has 1 heterocycles. The zero-order valence-electron chi connectivity index (χ0n) is 18.4. The van der Waals surface area contributed by atoms with E-state index in [9.17, 15) is 13.2 Å². The minimum absolute atomic E-state index is 0.0446. The summed E-state index contributed by atoms with van der Waals surface area (Å²) in [5.74, 6) is 0.297. The van der Waals surface area contributed by atoms with Crippen LogP contribution >= 0.6 is 0 Å². The second-order valence-corrected chi connectivity index (χ2v) is 10.5. The van der Waals surface area contributed by atoms with Gasteiger partial charge in [-0.3, -0.25) is 4.79 Å². The highest BCUT2D eigenvalue weighted by molar-refractivity contribution is 7.89. The highest BCUT2D eigenvalue weighted by Crippen LogP contribution is 2.25. The number of amides is 1. The Bertz CT molecular complexity index is 990. The highest BCUT2D eigenvalue weighted by atomic mass is 32.2. The van der Waals surface area contributed by atoms with Crippen LogP contribution in [0.1, 0.15) is 33.3 Å². The fourth-order valence-corrected chi connectivity index (χ4v) is 4.59. The van der Waals surface area contributed by atoms with E-state index in [1.54, 1.807) is 19.1 Å². The summed E-state index contributed by atoms with van der Waals surface area (Å²) in [4.78, 5) is 12.7. The zero-order chi connectivity index (χ0) is 22.6. The lowest BCUT2D eigenvalue weighted by atomic mass is 9.87. The van der Waals surface area contributed by atoms with Crippen LogP contribution < -0.4 is 10.1 Å². The van der Waals surface area contributed by atoms with Gasteiger partial charge in [-0.25, -0.2) is 8.42 Å². The third-order valence-electron chi connectivity index (χ3n) is 5.13. The Balaban J connectivity index is 1.59. The van der Waals surface area contributed by atoms with Crippen LogP contribution in [-0.4, -0.2) is 51.0 Å². The second-order valence-electron chi connectivity index (χ2n) is 8.56. The number of nitrogens with one attached hydrogen (secondary N) is 1. The highest BCUT2D eigenvalue weighted by Gasteiger charge is 2.26. The van der Waals surface area contributed by atoms with Crippen LogP contribution in [0.15, 0.2) is 53.4 Å². The zero-order valence-corrected chi connectivity index (χ0v) is 19.2. The van der Waals surface area contributed by atoms with Gasteiger partial charge in [-0.1, -0.05) is 32.9 Å². The van der Waals surface area contributed by atoms with Gasteiger partial charge in [0.25, 0.3) is 5.91 Å². The third kappa shape index (κ3) is 5.84. The molecule has 0 saturated carbocycles. The Labute approximate surface area is 184 Å². The first-order valence-electron chi connectivity index (χ1n) is 10.3. The van der Waals surface area contributed by atoms with Gasteiger partial charge in [0.1, 0.15) is 5.75 Å². The van der Waals surface area contributed by atoms with E-state index in [4.69, 9.17) is 9.47 Å². The quantitative estimate of drug-likeness (QED) is 0.735. The number of benzene rings is 2. The number of sulfonamides is 1. The smallest absolute Gasteiger partial charge is 0.265 e. The lowest BCUT2D eigenvalue weighted by molar-refractivity contribution is -0.122. The Hall–Kier alpha value is -2.42. The average molecular weight is 447 g/mol. The van der Waals surface area contributed by atoms with Crippen LogP contribution in [0.4, 0.5) is 5.69 Å². The van der Waals surface area contributed by atoms with Gasteiger partial charge in [0.2, 0.25) is 10.0 Å². The number of nitrogens with zero attached hydrogens (tertiary/aromatic N) is 1. The predicted octanol–water partition coefficient (Wildman–Crippen LogP) is 3.41. The number of ether oxygens (including phenoxy) is 2. The normalized spacial score (nSPS) is 16.5. The molecule has 3 rings (SSSR count). The molecule has 1 saturated heterocycles. The molecule has 1 N–H and O–H groups in total. The van der Waals surface area contributed by atoms with E-state index < -0.39 is 16.1 Å². The molecule has 7 nitrogen and oxygen atoms in total. The van der Waals surface area contributed by atoms with Crippen LogP contribution in [0, 0.1) is 0 Å². The van der Waals surface area contributed by atoms with Gasteiger partial charge >= 0.3 is 0 Å². The number of anilines is 1. The summed E-state index contributed by atoms with van der Waals surface area (Å²) in [6.45, 7) is 9.54. The fraction of sp³-hybridized carbons (Fsp3) is 0.435. The molecule has 0 aromatic heterocycles. The van der Waals surface area contributed by atoms with E-state index >= 15 is 0 Å². The molecule has 1 amide bonds. The number of hydrogen-bond donors (Lipinski definition) is 1. The standard InChI is InChI=1S/C23H30N2O5S/c1-17(30-20-9-5-18(6-10-20)23(2,3)4)22(26)24-19-7-11-21(12-8-19)31(27,28)25-13-15-29-16-14-25/h5-12,17H,13-16H2,1-4H3,(H,24,26)/t17-/m1/s1. The molecule has 0 spiro atoms. The van der Waals surface area contributed by atoms with Gasteiger partial charge in [0, 0.05) is 18.8 Å². The van der Waals surface area contributed by atoms with E-state index in [0.717, 1.165) is 0 Å². The molecule has 0 radical (unpaired) electrons. The third-order valence-corrected chi connectivity index (χ3v) is 7.04. The van der Waals surface area contributed by atoms with Crippen molar-refractivity contribution in [3.63, 3.8) is 0 Å². The van der Waals surface area contributed by atoms with Crippen molar-refractivity contribution in [2.75, 3.05) is 31.6 Å². The van der Waals surface area contributed by atoms with Crippen molar-refractivity contribution in [2.24, 2.45) is 0 Å². The molecule has 31 heavy (non-hydrogen) atoms. The molecule has 168 valence electrons. The van der Waals surface area contributed by atoms with Crippen LogP contribution in [0.5, 0.6) is 5.75 Å². The summed E-state index contributed by atoms with van der Waals surface area (Å²) in [6, 6.07) is 13.9. The summed E-state index contributed by atoms with van der Waals surface area (Å²) in [5.41, 5.74) is 1.73. The van der Waals surface area contributed by atoms with Crippen LogP contribution in [0.2, 0.25) is 0 Å². The monoisotopic (exact) mass is 446 g/mol. The fourth-order valence-electron chi connectivity index (χ4n) is 3.18. The van der Waals surface area contributed by atoms with E-state index in [0.29, 0.717) is 37.7 Å². The van der Waals surface area contributed by atoms with Gasteiger partial charge < -0.3 is 14.8 Å². The van der Waals surface area contributed by atoms with E-state index in [1.807, 2.05) is 24.3 Å². The van der Waals surface area contributed by atoms with Gasteiger partial charge in [-0.2, -0.15) is 4.31 Å². The minimum Gasteiger partial charge on any atom is -0.481 e. The summed E-state index contributed by atoms with van der Waals surface area (Å²) in [5, 5.41) is 2.76. The minimum atomic E-state index is -3.56. The molecule has 1 aliphatic heterocycles. The average Bonchev–Trinajstić information content (AvgIpc) is 2.74. The van der Waals surface area contributed by atoms with E-state index in [-0.39, 0.29) is 16.2 Å². The van der Waals surface area contributed by atoms with Crippen molar-refractivity contribution >= 4 is 21.6 Å². The van der Waals surface area contributed by atoms with Gasteiger partial charge in [-0.15, -0.1) is 0 Å². The number of rotatable bonds is 6. The van der Waals surface area contributed by atoms with Gasteiger partial charge in [-0.05, 0) is 54.3 Å². The maximum Gasteiger partial charge on any atom is 0.265 e. The molecular weight excluding hydrogens is 416 g/mol. The van der Waals surface area contributed by atoms with E-state index in [2.05, 4.69) is 26.1 Å². The Morgan fingerprint density at radius 1 is 1.03 bits per heavy atom. The topological polar surface area (TPSA) is 84.9 Å². The van der Waals surface area contributed by atoms with Crippen molar-refractivity contribution in [1.29, 1.82) is 0 Å². The second kappa shape index (κ2) is 9.38. The number of morpholine rings is 1. The van der Waals surface area contributed by atoms with Gasteiger partial charge in [0.05, 0.1) is 18.1 Å². The molecule has 8 heteroatoms. The largest absolute Gasteiger partial charge is 0.481 e. The first kappa shape index (κ1) is 23.2. The molecule has 1 aliphatic rings. The first-order valence-corrected chi connectivity index (χ1v) is 11.8. The van der Waals surface area contributed by atoms with Crippen LogP contribution in [-0.2, 0) is 25.0 Å². The van der Waals surface area contributed by atoms with Crippen LogP contribution in [0.25, 0.3) is 0 Å². The van der Waals surface area contributed by atoms with Crippen molar-refractivity contribution in [3.05, 3.63) is 54.1 Å². The Morgan fingerprint density at radius 2 is 1.61 bits per heavy atom. The SMILES string of the molecule is C[C@@H](Oc1ccc(C(C)(C)C)cc1)C(=O)Nc1ccc(S(=O)(=O)N2CCOCC2)cc1. The maximum atomic E-state index is 12.7. The molecule has 1 atom stereocenters. The molecule has 0 bridgehead atoms.